The summed E-state index contributed by atoms with van der Waals surface area (Å²) in [6.45, 7) is 1.28. The maximum absolute atomic E-state index is 13.5. The average Bonchev–Trinajstić information content (AvgIpc) is 3.46. The smallest absolute Gasteiger partial charge is 0.283 e. The molecule has 5 rings (SSSR count). The number of amides is 1. The van der Waals surface area contributed by atoms with Crippen LogP contribution in [0.25, 0.3) is 10.1 Å². The molecule has 2 aliphatic heterocycles. The number of fused-ring (bicyclic) bond motifs is 2. The molecule has 2 aliphatic rings. The van der Waals surface area contributed by atoms with Gasteiger partial charge in [0.25, 0.3) is 15.9 Å². The van der Waals surface area contributed by atoms with Gasteiger partial charge in [-0.1, -0.05) is 17.7 Å². The topological polar surface area (TPSA) is 118 Å². The van der Waals surface area contributed by atoms with Gasteiger partial charge in [-0.15, -0.1) is 22.7 Å². The largest absolute Gasteiger partial charge is 0.331 e. The molecule has 4 heterocycles. The highest BCUT2D eigenvalue weighted by atomic mass is 35.5. The van der Waals surface area contributed by atoms with Crippen molar-refractivity contribution in [1.29, 1.82) is 5.26 Å². The molecular weight excluding hydrogens is 530 g/mol. The first-order valence-corrected chi connectivity index (χ1v) is 14.5. The second-order valence-electron chi connectivity index (χ2n) is 8.49. The number of nitrogens with zero attached hydrogens (tertiary/aromatic N) is 5. The van der Waals surface area contributed by atoms with E-state index in [4.69, 9.17) is 16.9 Å². The molecule has 3 aromatic rings. The van der Waals surface area contributed by atoms with Crippen molar-refractivity contribution in [3.05, 3.63) is 44.9 Å². The zero-order valence-corrected chi connectivity index (χ0v) is 21.8. The lowest BCUT2D eigenvalue weighted by molar-refractivity contribution is -0.102. The minimum Gasteiger partial charge on any atom is -0.331 e. The number of hydrogen-bond donors (Lipinski definition) is 1. The summed E-state index contributed by atoms with van der Waals surface area (Å²) in [7, 11) is -3.78. The van der Waals surface area contributed by atoms with Gasteiger partial charge in [0.1, 0.15) is 4.21 Å². The van der Waals surface area contributed by atoms with Crippen LogP contribution in [0.15, 0.2) is 28.5 Å². The number of rotatable bonds is 5. The van der Waals surface area contributed by atoms with Gasteiger partial charge in [-0.2, -0.15) is 14.6 Å². The molecule has 0 spiro atoms. The van der Waals surface area contributed by atoms with Crippen molar-refractivity contribution >= 4 is 60.3 Å². The van der Waals surface area contributed by atoms with Gasteiger partial charge in [0.15, 0.2) is 5.01 Å². The lowest BCUT2D eigenvalue weighted by atomic mass is 10.1. The van der Waals surface area contributed by atoms with Crippen molar-refractivity contribution in [3.8, 4) is 6.07 Å². The number of nitriles is 1. The van der Waals surface area contributed by atoms with E-state index in [1.165, 1.54) is 32.0 Å². The number of thiophene rings is 1. The highest BCUT2D eigenvalue weighted by Gasteiger charge is 2.38. The number of aromatic nitrogens is 1. The van der Waals surface area contributed by atoms with E-state index in [1.807, 2.05) is 0 Å². The number of halogens is 1. The van der Waals surface area contributed by atoms with Crippen molar-refractivity contribution in [2.24, 2.45) is 0 Å². The van der Waals surface area contributed by atoms with Crippen LogP contribution in [-0.2, 0) is 23.0 Å². The average molecular weight is 552 g/mol. The van der Waals surface area contributed by atoms with Crippen LogP contribution in [0, 0.1) is 11.3 Å². The molecule has 1 aromatic carbocycles. The number of piperazine rings is 1. The van der Waals surface area contributed by atoms with Crippen molar-refractivity contribution in [1.82, 2.24) is 19.3 Å². The van der Waals surface area contributed by atoms with Crippen LogP contribution in [0.1, 0.15) is 33.2 Å². The zero-order chi connectivity index (χ0) is 24.7. The van der Waals surface area contributed by atoms with E-state index in [2.05, 4.69) is 11.1 Å². The Kier molecular flexibility index (Phi) is 6.84. The Morgan fingerprint density at radius 3 is 2.89 bits per heavy atom. The monoisotopic (exact) mass is 551 g/mol. The maximum Gasteiger partial charge on any atom is 0.283 e. The van der Waals surface area contributed by atoms with Gasteiger partial charge in [-0.3, -0.25) is 4.79 Å². The molecule has 35 heavy (non-hydrogen) atoms. The van der Waals surface area contributed by atoms with Crippen LogP contribution in [0.2, 0.25) is 5.02 Å². The minimum atomic E-state index is -3.78. The summed E-state index contributed by atoms with van der Waals surface area (Å²) in [5, 5.41) is 21.8. The van der Waals surface area contributed by atoms with E-state index in [1.54, 1.807) is 29.2 Å². The summed E-state index contributed by atoms with van der Waals surface area (Å²) in [5.41, 5.74) is 0.823. The molecule has 1 atom stereocenters. The van der Waals surface area contributed by atoms with Crippen LogP contribution in [-0.4, -0.2) is 71.0 Å². The third-order valence-electron chi connectivity index (χ3n) is 6.24. The molecule has 184 valence electrons. The van der Waals surface area contributed by atoms with E-state index in [9.17, 15) is 18.4 Å². The van der Waals surface area contributed by atoms with E-state index >= 15 is 0 Å². The third kappa shape index (κ3) is 4.82. The van der Waals surface area contributed by atoms with Crippen LogP contribution in [0.5, 0.6) is 0 Å². The first-order valence-electron chi connectivity index (χ1n) is 11.1. The molecule has 2 aromatic heterocycles. The van der Waals surface area contributed by atoms with E-state index in [0.29, 0.717) is 36.0 Å². The molecule has 0 radical (unpaired) electrons. The zero-order valence-electron chi connectivity index (χ0n) is 18.6. The Labute approximate surface area is 215 Å². The normalized spacial score (nSPS) is 19.6. The molecule has 1 unspecified atom stereocenters. The van der Waals surface area contributed by atoms with Crippen molar-refractivity contribution < 1.29 is 18.4 Å². The van der Waals surface area contributed by atoms with Gasteiger partial charge in [0.05, 0.1) is 18.3 Å². The van der Waals surface area contributed by atoms with E-state index < -0.39 is 16.1 Å². The molecule has 1 fully saturated rings. The van der Waals surface area contributed by atoms with Crippen molar-refractivity contribution in [2.45, 2.75) is 36.1 Å². The number of carbonyl (C=O) groups excluding carboxylic acids is 1. The highest BCUT2D eigenvalue weighted by molar-refractivity contribution is 7.91. The number of hydrogen-bond acceptors (Lipinski definition) is 9. The molecular formula is C22H22ClN5O4S3. The fourth-order valence-corrected chi connectivity index (χ4v) is 8.79. The predicted molar refractivity (Wildman–Crippen MR) is 133 cm³/mol. The summed E-state index contributed by atoms with van der Waals surface area (Å²) < 4.78 is 29.4. The lowest BCUT2D eigenvalue weighted by Crippen LogP contribution is -2.56. The second kappa shape index (κ2) is 9.74. The fourth-order valence-electron chi connectivity index (χ4n) is 4.42. The summed E-state index contributed by atoms with van der Waals surface area (Å²) in [4.78, 5) is 20.4. The first kappa shape index (κ1) is 24.6. The lowest BCUT2D eigenvalue weighted by Gasteiger charge is -2.40. The summed E-state index contributed by atoms with van der Waals surface area (Å²) in [5.74, 6) is -0.259. The molecule has 9 nitrogen and oxygen atoms in total. The van der Waals surface area contributed by atoms with E-state index in [0.717, 1.165) is 20.7 Å². The fraction of sp³-hybridized carbons (Fsp3) is 0.409. The van der Waals surface area contributed by atoms with Crippen molar-refractivity contribution in [3.63, 3.8) is 0 Å². The minimum absolute atomic E-state index is 0.111. The van der Waals surface area contributed by atoms with Crippen LogP contribution in [0.3, 0.4) is 0 Å². The van der Waals surface area contributed by atoms with E-state index in [-0.39, 0.29) is 36.2 Å². The quantitative estimate of drug-likeness (QED) is 0.515. The maximum atomic E-state index is 13.5. The highest BCUT2D eigenvalue weighted by Crippen LogP contribution is 2.34. The Bertz CT molecular complexity index is 1430. The number of sulfonamides is 1. The van der Waals surface area contributed by atoms with Gasteiger partial charge in [-0.05, 0) is 30.0 Å². The van der Waals surface area contributed by atoms with Gasteiger partial charge in [-0.25, -0.2) is 13.4 Å². The SMILES string of the molecule is N#CCCC1CN(S(=O)(=O)c2cc3ccc(Cl)cc3s2)CCN1C(=O)c1nc2c(s1)CN(O)CC2. The molecule has 1 saturated heterocycles. The van der Waals surface area contributed by atoms with Gasteiger partial charge in [0.2, 0.25) is 0 Å². The second-order valence-corrected chi connectivity index (χ2v) is 13.3. The molecule has 0 saturated carbocycles. The van der Waals surface area contributed by atoms with Crippen LogP contribution < -0.4 is 0 Å². The summed E-state index contributed by atoms with van der Waals surface area (Å²) in [6, 6.07) is 8.58. The van der Waals surface area contributed by atoms with Gasteiger partial charge in [0, 0.05) is 59.7 Å². The molecule has 0 bridgehead atoms. The Morgan fingerprint density at radius 2 is 2.09 bits per heavy atom. The number of thiazole rings is 1. The number of hydroxylamine groups is 2. The standard InChI is InChI=1S/C22H22ClN5O4S3/c23-15-4-3-14-10-20(33-18(14)11-15)35(31,32)27-8-9-28(16(12-27)2-1-6-24)22(29)21-25-17-5-7-26(30)13-19(17)34-21/h3-4,10-11,16,30H,1-2,5,7-9,12-13H2. The molecule has 0 aliphatic carbocycles. The van der Waals surface area contributed by atoms with Crippen LogP contribution >= 0.6 is 34.3 Å². The molecule has 1 amide bonds. The Balaban J connectivity index is 1.38. The molecule has 13 heteroatoms. The first-order chi connectivity index (χ1) is 16.8. The molecule has 1 N–H and O–H groups in total. The van der Waals surface area contributed by atoms with Gasteiger partial charge >= 0.3 is 0 Å². The predicted octanol–water partition coefficient (Wildman–Crippen LogP) is 3.58. The number of benzene rings is 1. The van der Waals surface area contributed by atoms with Gasteiger partial charge < -0.3 is 10.1 Å². The third-order valence-corrected chi connectivity index (χ3v) is 11.0. The summed E-state index contributed by atoms with van der Waals surface area (Å²) in [6.07, 6.45) is 1.14. The summed E-state index contributed by atoms with van der Waals surface area (Å²) >= 11 is 8.49. The Hall–Kier alpha value is -2.11. The Morgan fingerprint density at radius 1 is 1.26 bits per heavy atom. The number of carbonyl (C=O) groups is 1. The van der Waals surface area contributed by atoms with Crippen LogP contribution in [0.4, 0.5) is 0 Å². The van der Waals surface area contributed by atoms with Crippen molar-refractivity contribution in [2.75, 3.05) is 26.2 Å².